The van der Waals surface area contributed by atoms with Gasteiger partial charge in [-0.3, -0.25) is 4.79 Å². The zero-order valence-corrected chi connectivity index (χ0v) is 8.96. The number of nitrogens with one attached hydrogen (secondary N) is 1. The average Bonchev–Trinajstić information content (AvgIpc) is 2.10. The number of hydrogen-bond donors (Lipinski definition) is 3. The van der Waals surface area contributed by atoms with Gasteiger partial charge in [-0.05, 0) is 26.3 Å². The monoisotopic (exact) mass is 202 g/mol. The number of amides is 1. The van der Waals surface area contributed by atoms with E-state index in [0.717, 1.165) is 32.2 Å². The summed E-state index contributed by atoms with van der Waals surface area (Å²) < 4.78 is 0. The number of aliphatic hydroxyl groups excluding tert-OH is 1. The predicted molar refractivity (Wildman–Crippen MR) is 56.8 cm³/mol. The molecule has 0 aliphatic rings. The van der Waals surface area contributed by atoms with Gasteiger partial charge in [0.2, 0.25) is 5.91 Å². The third-order valence-corrected chi connectivity index (χ3v) is 2.09. The van der Waals surface area contributed by atoms with Gasteiger partial charge in [0.15, 0.2) is 0 Å². The van der Waals surface area contributed by atoms with Crippen LogP contribution in [0.25, 0.3) is 0 Å². The molecule has 0 rings (SSSR count). The van der Waals surface area contributed by atoms with Gasteiger partial charge < -0.3 is 16.2 Å². The highest BCUT2D eigenvalue weighted by molar-refractivity contribution is 5.74. The molecule has 4 nitrogen and oxygen atoms in total. The Morgan fingerprint density at radius 3 is 2.57 bits per heavy atom. The molecule has 84 valence electrons. The van der Waals surface area contributed by atoms with Gasteiger partial charge in [-0.1, -0.05) is 12.8 Å². The molecule has 0 saturated carbocycles. The molecule has 0 bridgehead atoms. The van der Waals surface area contributed by atoms with Gasteiger partial charge in [0.05, 0.1) is 0 Å². The Kier molecular flexibility index (Phi) is 8.57. The lowest BCUT2D eigenvalue weighted by atomic mass is 10.2. The summed E-state index contributed by atoms with van der Waals surface area (Å²) >= 11 is 0. The van der Waals surface area contributed by atoms with Crippen molar-refractivity contribution in [1.82, 2.24) is 5.32 Å². The van der Waals surface area contributed by atoms with Crippen molar-refractivity contribution in [2.24, 2.45) is 5.73 Å². The standard InChI is InChI=1S/C10H22N2O2/c1-9(8-10(11)14)12-6-4-2-3-5-7-13/h9,12-13H,2-8H2,1H3,(H2,11,14). The Labute approximate surface area is 85.9 Å². The highest BCUT2D eigenvalue weighted by atomic mass is 16.2. The third-order valence-electron chi connectivity index (χ3n) is 2.09. The van der Waals surface area contributed by atoms with E-state index in [0.29, 0.717) is 6.42 Å². The van der Waals surface area contributed by atoms with Crippen LogP contribution in [-0.2, 0) is 4.79 Å². The second-order valence-corrected chi connectivity index (χ2v) is 3.66. The fraction of sp³-hybridized carbons (Fsp3) is 0.900. The number of rotatable bonds is 9. The zero-order valence-electron chi connectivity index (χ0n) is 8.96. The molecule has 4 N–H and O–H groups in total. The van der Waals surface area contributed by atoms with Crippen LogP contribution < -0.4 is 11.1 Å². The minimum absolute atomic E-state index is 0.172. The Balaban J connectivity index is 3.14. The maximum absolute atomic E-state index is 10.5. The third kappa shape index (κ3) is 9.48. The molecule has 0 spiro atoms. The highest BCUT2D eigenvalue weighted by Gasteiger charge is 2.03. The fourth-order valence-electron chi connectivity index (χ4n) is 1.31. The summed E-state index contributed by atoms with van der Waals surface area (Å²) in [5.74, 6) is -0.259. The second kappa shape index (κ2) is 8.97. The summed E-state index contributed by atoms with van der Waals surface area (Å²) in [4.78, 5) is 10.5. The molecule has 1 unspecified atom stereocenters. The molecule has 0 aromatic rings. The Bertz CT molecular complexity index is 151. The lowest BCUT2D eigenvalue weighted by Crippen LogP contribution is -2.31. The van der Waals surface area contributed by atoms with E-state index in [-0.39, 0.29) is 18.6 Å². The van der Waals surface area contributed by atoms with Crippen LogP contribution in [0.1, 0.15) is 39.0 Å². The molecular formula is C10H22N2O2. The van der Waals surface area contributed by atoms with Crippen molar-refractivity contribution in [3.63, 3.8) is 0 Å². The first-order chi connectivity index (χ1) is 6.66. The van der Waals surface area contributed by atoms with E-state index in [1.807, 2.05) is 6.92 Å². The minimum atomic E-state index is -0.259. The predicted octanol–water partition coefficient (Wildman–Crippen LogP) is 0.393. The van der Waals surface area contributed by atoms with Crippen LogP contribution in [0.4, 0.5) is 0 Å². The van der Waals surface area contributed by atoms with Gasteiger partial charge in [-0.25, -0.2) is 0 Å². The fourth-order valence-corrected chi connectivity index (χ4v) is 1.31. The zero-order chi connectivity index (χ0) is 10.8. The molecule has 0 aromatic heterocycles. The van der Waals surface area contributed by atoms with Crippen LogP contribution in [0.2, 0.25) is 0 Å². The largest absolute Gasteiger partial charge is 0.396 e. The van der Waals surface area contributed by atoms with E-state index in [4.69, 9.17) is 10.8 Å². The van der Waals surface area contributed by atoms with Gasteiger partial charge in [0, 0.05) is 19.1 Å². The molecule has 14 heavy (non-hydrogen) atoms. The summed E-state index contributed by atoms with van der Waals surface area (Å²) in [5, 5.41) is 11.8. The van der Waals surface area contributed by atoms with Gasteiger partial charge in [-0.15, -0.1) is 0 Å². The van der Waals surface area contributed by atoms with Gasteiger partial charge in [0.25, 0.3) is 0 Å². The van der Waals surface area contributed by atoms with Gasteiger partial charge in [0.1, 0.15) is 0 Å². The Morgan fingerprint density at radius 2 is 2.00 bits per heavy atom. The smallest absolute Gasteiger partial charge is 0.218 e. The van der Waals surface area contributed by atoms with E-state index in [1.54, 1.807) is 0 Å². The molecule has 0 heterocycles. The SMILES string of the molecule is CC(CC(N)=O)NCCCCCCO. The minimum Gasteiger partial charge on any atom is -0.396 e. The van der Waals surface area contributed by atoms with Crippen LogP contribution in [0.5, 0.6) is 0 Å². The van der Waals surface area contributed by atoms with Crippen LogP contribution >= 0.6 is 0 Å². The Morgan fingerprint density at radius 1 is 1.36 bits per heavy atom. The molecule has 0 aliphatic heterocycles. The molecule has 4 heteroatoms. The number of carbonyl (C=O) groups excluding carboxylic acids is 1. The maximum atomic E-state index is 10.5. The second-order valence-electron chi connectivity index (χ2n) is 3.66. The molecular weight excluding hydrogens is 180 g/mol. The topological polar surface area (TPSA) is 75.4 Å². The number of hydrogen-bond acceptors (Lipinski definition) is 3. The van der Waals surface area contributed by atoms with Crippen molar-refractivity contribution in [2.75, 3.05) is 13.2 Å². The van der Waals surface area contributed by atoms with E-state index < -0.39 is 0 Å². The number of carbonyl (C=O) groups is 1. The van der Waals surface area contributed by atoms with E-state index in [1.165, 1.54) is 0 Å². The number of primary amides is 1. The number of unbranched alkanes of at least 4 members (excludes halogenated alkanes) is 3. The summed E-state index contributed by atoms with van der Waals surface area (Å²) in [5.41, 5.74) is 5.06. The lowest BCUT2D eigenvalue weighted by Gasteiger charge is -2.11. The quantitative estimate of drug-likeness (QED) is 0.473. The van der Waals surface area contributed by atoms with E-state index in [2.05, 4.69) is 5.32 Å². The van der Waals surface area contributed by atoms with E-state index in [9.17, 15) is 4.79 Å². The van der Waals surface area contributed by atoms with Crippen LogP contribution in [0.3, 0.4) is 0 Å². The van der Waals surface area contributed by atoms with Crippen molar-refractivity contribution < 1.29 is 9.90 Å². The maximum Gasteiger partial charge on any atom is 0.218 e. The van der Waals surface area contributed by atoms with Crippen molar-refractivity contribution in [1.29, 1.82) is 0 Å². The molecule has 1 amide bonds. The first-order valence-electron chi connectivity index (χ1n) is 5.29. The Hall–Kier alpha value is -0.610. The summed E-state index contributed by atoms with van der Waals surface area (Å²) in [6.07, 6.45) is 4.57. The van der Waals surface area contributed by atoms with Gasteiger partial charge in [-0.2, -0.15) is 0 Å². The average molecular weight is 202 g/mol. The molecule has 0 aromatic carbocycles. The molecule has 1 atom stereocenters. The molecule has 0 aliphatic carbocycles. The van der Waals surface area contributed by atoms with Crippen molar-refractivity contribution in [3.8, 4) is 0 Å². The summed E-state index contributed by atoms with van der Waals surface area (Å²) in [7, 11) is 0. The summed E-state index contributed by atoms with van der Waals surface area (Å²) in [6, 6.07) is 0.172. The number of nitrogens with two attached hydrogens (primary N) is 1. The normalized spacial score (nSPS) is 12.7. The van der Waals surface area contributed by atoms with Crippen LogP contribution in [-0.4, -0.2) is 30.2 Å². The molecule has 0 radical (unpaired) electrons. The first kappa shape index (κ1) is 13.4. The van der Waals surface area contributed by atoms with Crippen molar-refractivity contribution >= 4 is 5.91 Å². The highest BCUT2D eigenvalue weighted by Crippen LogP contribution is 1.98. The summed E-state index contributed by atoms with van der Waals surface area (Å²) in [6.45, 7) is 3.16. The van der Waals surface area contributed by atoms with Crippen molar-refractivity contribution in [2.45, 2.75) is 45.1 Å². The molecule has 0 saturated heterocycles. The van der Waals surface area contributed by atoms with Gasteiger partial charge >= 0.3 is 0 Å². The number of aliphatic hydroxyl groups is 1. The van der Waals surface area contributed by atoms with Crippen molar-refractivity contribution in [3.05, 3.63) is 0 Å². The first-order valence-corrected chi connectivity index (χ1v) is 5.29. The lowest BCUT2D eigenvalue weighted by molar-refractivity contribution is -0.118. The van der Waals surface area contributed by atoms with Crippen LogP contribution in [0, 0.1) is 0 Å². The molecule has 0 fully saturated rings. The van der Waals surface area contributed by atoms with Crippen LogP contribution in [0.15, 0.2) is 0 Å². The van der Waals surface area contributed by atoms with E-state index >= 15 is 0 Å².